The van der Waals surface area contributed by atoms with Crippen molar-refractivity contribution in [2.24, 2.45) is 10.2 Å². The topological polar surface area (TPSA) is 100.0 Å². The van der Waals surface area contributed by atoms with E-state index in [-0.39, 0.29) is 11.2 Å². The lowest BCUT2D eigenvalue weighted by molar-refractivity contribution is 0.0952. The van der Waals surface area contributed by atoms with Crippen molar-refractivity contribution < 1.29 is 13.2 Å². The van der Waals surface area contributed by atoms with E-state index in [1.807, 2.05) is 0 Å². The molecule has 0 aromatic heterocycles. The van der Waals surface area contributed by atoms with Crippen LogP contribution < -0.4 is 10.0 Å². The van der Waals surface area contributed by atoms with E-state index in [0.717, 1.165) is 0 Å². The Morgan fingerprint density at radius 3 is 2.72 bits per heavy atom. The van der Waals surface area contributed by atoms with Gasteiger partial charge in [0.2, 0.25) is 10.0 Å². The van der Waals surface area contributed by atoms with Gasteiger partial charge < -0.3 is 5.32 Å². The maximum atomic E-state index is 12.2. The summed E-state index contributed by atoms with van der Waals surface area (Å²) in [4.78, 5) is 12.2. The second-order valence-corrected chi connectivity index (χ2v) is 8.28. The van der Waals surface area contributed by atoms with E-state index in [1.54, 1.807) is 18.2 Å². The van der Waals surface area contributed by atoms with Gasteiger partial charge in [-0.3, -0.25) is 9.52 Å². The van der Waals surface area contributed by atoms with E-state index in [9.17, 15) is 13.2 Å². The average Bonchev–Trinajstić information content (AvgIpc) is 3.46. The predicted octanol–water partition coefficient (Wildman–Crippen LogP) is 2.29. The minimum Gasteiger partial charge on any atom is -0.352 e. The van der Waals surface area contributed by atoms with Gasteiger partial charge in [-0.15, -0.1) is 12.3 Å². The molecule has 1 fully saturated rings. The Balaban J connectivity index is 1.52. The first-order valence-electron chi connectivity index (χ1n) is 8.22. The summed E-state index contributed by atoms with van der Waals surface area (Å²) in [5.74, 6) is 2.30. The van der Waals surface area contributed by atoms with Crippen LogP contribution >= 0.6 is 0 Å². The van der Waals surface area contributed by atoms with E-state index in [4.69, 9.17) is 6.42 Å². The number of anilines is 1. The van der Waals surface area contributed by atoms with Crippen LogP contribution in [0.25, 0.3) is 0 Å². The van der Waals surface area contributed by atoms with Gasteiger partial charge in [-0.05, 0) is 31.0 Å². The summed E-state index contributed by atoms with van der Waals surface area (Å²) in [6.45, 7) is 0.425. The van der Waals surface area contributed by atoms with Crippen molar-refractivity contribution >= 4 is 21.6 Å². The van der Waals surface area contributed by atoms with Gasteiger partial charge in [-0.2, -0.15) is 10.2 Å². The number of carbonyl (C=O) groups excluding carboxylic acids is 1. The minimum absolute atomic E-state index is 0.264. The van der Waals surface area contributed by atoms with E-state index in [2.05, 4.69) is 26.2 Å². The lowest BCUT2D eigenvalue weighted by atomic mass is 10.0. The van der Waals surface area contributed by atoms with Crippen LogP contribution in [0.2, 0.25) is 0 Å². The molecule has 1 aliphatic carbocycles. The second kappa shape index (κ2) is 6.84. The highest BCUT2D eigenvalue weighted by molar-refractivity contribution is 7.93. The zero-order chi connectivity index (χ0) is 17.9. The van der Waals surface area contributed by atoms with Crippen LogP contribution in [0.4, 0.5) is 5.69 Å². The number of hydrogen-bond acceptors (Lipinski definition) is 5. The zero-order valence-electron chi connectivity index (χ0n) is 13.7. The predicted molar refractivity (Wildman–Crippen MR) is 94.6 cm³/mol. The SMILES string of the molecule is C#CCCC1(CCNC(=O)c2cccc(NS(=O)(=O)C3CC3)c2)N=N1. The molecule has 1 saturated carbocycles. The lowest BCUT2D eigenvalue weighted by Gasteiger charge is -2.11. The molecule has 0 spiro atoms. The Bertz CT molecular complexity index is 832. The summed E-state index contributed by atoms with van der Waals surface area (Å²) in [5.41, 5.74) is 0.372. The molecule has 0 saturated heterocycles. The van der Waals surface area contributed by atoms with Gasteiger partial charge in [0.1, 0.15) is 0 Å². The molecule has 25 heavy (non-hydrogen) atoms. The van der Waals surface area contributed by atoms with Crippen LogP contribution in [0.5, 0.6) is 0 Å². The highest BCUT2D eigenvalue weighted by Gasteiger charge is 2.38. The molecule has 1 amide bonds. The zero-order valence-corrected chi connectivity index (χ0v) is 14.6. The van der Waals surface area contributed by atoms with Gasteiger partial charge >= 0.3 is 0 Å². The smallest absolute Gasteiger partial charge is 0.251 e. The molecule has 0 radical (unpaired) electrons. The molecular formula is C17H20N4O3S. The van der Waals surface area contributed by atoms with Crippen molar-refractivity contribution in [3.63, 3.8) is 0 Å². The normalized spacial score (nSPS) is 17.6. The Labute approximate surface area is 147 Å². The van der Waals surface area contributed by atoms with Gasteiger partial charge in [0.05, 0.1) is 5.25 Å². The van der Waals surface area contributed by atoms with E-state index in [1.165, 1.54) is 6.07 Å². The highest BCUT2D eigenvalue weighted by Crippen LogP contribution is 2.36. The third kappa shape index (κ3) is 4.57. The third-order valence-electron chi connectivity index (χ3n) is 4.21. The molecule has 3 rings (SSSR count). The van der Waals surface area contributed by atoms with Crippen molar-refractivity contribution in [2.75, 3.05) is 11.3 Å². The minimum atomic E-state index is -3.34. The molecule has 7 nitrogen and oxygen atoms in total. The Hall–Kier alpha value is -2.40. The molecule has 2 N–H and O–H groups in total. The van der Waals surface area contributed by atoms with E-state index >= 15 is 0 Å². The third-order valence-corrected chi connectivity index (χ3v) is 6.08. The second-order valence-electron chi connectivity index (χ2n) is 6.32. The fourth-order valence-electron chi connectivity index (χ4n) is 2.50. The van der Waals surface area contributed by atoms with Crippen LogP contribution in [0.3, 0.4) is 0 Å². The van der Waals surface area contributed by atoms with Crippen LogP contribution in [0.1, 0.15) is 42.5 Å². The Kier molecular flexibility index (Phi) is 4.77. The standard InChI is InChI=1S/C17H20N4O3S/c1-2-3-9-17(20-21-17)10-11-18-16(22)13-5-4-6-14(12-13)19-25(23,24)15-7-8-15/h1,4-6,12,15,19H,3,7-11H2,(H,18,22). The summed E-state index contributed by atoms with van der Waals surface area (Å²) in [7, 11) is -3.34. The summed E-state index contributed by atoms with van der Waals surface area (Å²) in [6.07, 6.45) is 8.52. The molecule has 1 aromatic carbocycles. The van der Waals surface area contributed by atoms with Gasteiger partial charge in [-0.1, -0.05) is 6.07 Å². The van der Waals surface area contributed by atoms with Crippen molar-refractivity contribution in [3.05, 3.63) is 29.8 Å². The van der Waals surface area contributed by atoms with Crippen molar-refractivity contribution in [1.82, 2.24) is 5.32 Å². The van der Waals surface area contributed by atoms with Gasteiger partial charge in [0, 0.05) is 37.1 Å². The Morgan fingerprint density at radius 1 is 1.32 bits per heavy atom. The number of hydrogen-bond donors (Lipinski definition) is 2. The summed E-state index contributed by atoms with van der Waals surface area (Å²) >= 11 is 0. The fourth-order valence-corrected chi connectivity index (χ4v) is 3.88. The van der Waals surface area contributed by atoms with Crippen molar-refractivity contribution in [2.45, 2.75) is 43.0 Å². The maximum absolute atomic E-state index is 12.2. The monoisotopic (exact) mass is 360 g/mol. The largest absolute Gasteiger partial charge is 0.352 e. The first-order valence-corrected chi connectivity index (χ1v) is 9.76. The van der Waals surface area contributed by atoms with E-state index < -0.39 is 15.7 Å². The molecule has 8 heteroatoms. The Morgan fingerprint density at radius 2 is 2.08 bits per heavy atom. The molecular weight excluding hydrogens is 340 g/mol. The average molecular weight is 360 g/mol. The van der Waals surface area contributed by atoms with E-state index in [0.29, 0.717) is 49.9 Å². The van der Waals surface area contributed by atoms with Crippen LogP contribution in [0, 0.1) is 12.3 Å². The molecule has 0 bridgehead atoms. The van der Waals surface area contributed by atoms with Crippen LogP contribution in [-0.4, -0.2) is 31.8 Å². The fraction of sp³-hybridized carbons (Fsp3) is 0.471. The number of amides is 1. The highest BCUT2D eigenvalue weighted by atomic mass is 32.2. The molecule has 1 aliphatic heterocycles. The molecule has 2 aliphatic rings. The molecule has 132 valence electrons. The van der Waals surface area contributed by atoms with Gasteiger partial charge in [0.15, 0.2) is 5.66 Å². The summed E-state index contributed by atoms with van der Waals surface area (Å²) in [6, 6.07) is 6.46. The van der Waals surface area contributed by atoms with Gasteiger partial charge in [0.25, 0.3) is 5.91 Å². The number of nitrogens with zero attached hydrogens (tertiary/aromatic N) is 2. The number of carbonyl (C=O) groups is 1. The number of rotatable bonds is 9. The van der Waals surface area contributed by atoms with Crippen LogP contribution in [-0.2, 0) is 10.0 Å². The molecule has 1 aromatic rings. The number of nitrogens with one attached hydrogen (secondary N) is 2. The molecule has 0 unspecified atom stereocenters. The van der Waals surface area contributed by atoms with Gasteiger partial charge in [-0.25, -0.2) is 8.42 Å². The molecule has 1 heterocycles. The van der Waals surface area contributed by atoms with Crippen molar-refractivity contribution in [1.29, 1.82) is 0 Å². The lowest BCUT2D eigenvalue weighted by Crippen LogP contribution is -2.28. The van der Waals surface area contributed by atoms with Crippen molar-refractivity contribution in [3.8, 4) is 12.3 Å². The first-order chi connectivity index (χ1) is 11.9. The quantitative estimate of drug-likeness (QED) is 0.661. The number of benzene rings is 1. The first kappa shape index (κ1) is 17.4. The number of sulfonamides is 1. The number of terminal acetylenes is 1. The van der Waals surface area contributed by atoms with Crippen LogP contribution in [0.15, 0.2) is 34.5 Å². The molecule has 0 atom stereocenters. The summed E-state index contributed by atoms with van der Waals surface area (Å²) in [5, 5.41) is 10.5. The summed E-state index contributed by atoms with van der Waals surface area (Å²) < 4.78 is 26.5. The maximum Gasteiger partial charge on any atom is 0.251 e.